The monoisotopic (exact) mass is 420 g/mol. The first-order chi connectivity index (χ1) is 13.3. The Morgan fingerprint density at radius 3 is 2.50 bits per heavy atom. The molecule has 0 spiro atoms. The molecule has 2 aromatic rings. The van der Waals surface area contributed by atoms with E-state index < -0.39 is 10.0 Å². The number of amides is 1. The fourth-order valence-corrected chi connectivity index (χ4v) is 5.56. The Balaban J connectivity index is 1.48. The lowest BCUT2D eigenvalue weighted by molar-refractivity contribution is -0.121. The minimum atomic E-state index is -3.44. The molecule has 1 aromatic heterocycles. The zero-order valence-corrected chi connectivity index (χ0v) is 17.3. The summed E-state index contributed by atoms with van der Waals surface area (Å²) < 4.78 is 27.4. The number of ketones is 1. The topological polar surface area (TPSA) is 92.3 Å². The van der Waals surface area contributed by atoms with E-state index in [1.807, 2.05) is 0 Å². The summed E-state index contributed by atoms with van der Waals surface area (Å²) in [5.41, 5.74) is 1.20. The second-order valence-electron chi connectivity index (χ2n) is 7.13. The molecule has 0 atom stereocenters. The van der Waals surface area contributed by atoms with Gasteiger partial charge < -0.3 is 5.32 Å². The summed E-state index contributed by atoms with van der Waals surface area (Å²) in [6.45, 7) is 1.89. The molecule has 150 valence electrons. The van der Waals surface area contributed by atoms with Gasteiger partial charge in [-0.25, -0.2) is 13.1 Å². The van der Waals surface area contributed by atoms with Crippen molar-refractivity contribution in [2.45, 2.75) is 36.8 Å². The van der Waals surface area contributed by atoms with Crippen molar-refractivity contribution in [1.82, 2.24) is 4.72 Å². The second-order valence-corrected chi connectivity index (χ2v) is 10.1. The average molecular weight is 421 g/mol. The number of Topliss-reactive ketones (excluding diaryl/α,β-unsaturated/α-hetero) is 1. The maximum atomic E-state index is 12.5. The van der Waals surface area contributed by atoms with Crippen LogP contribution in [0.4, 0.5) is 5.69 Å². The molecule has 1 aromatic carbocycles. The highest BCUT2D eigenvalue weighted by Crippen LogP contribution is 2.30. The Bertz CT molecular complexity index is 931. The molecule has 1 saturated carbocycles. The average Bonchev–Trinajstić information content (AvgIpc) is 3.23. The van der Waals surface area contributed by atoms with Crippen LogP contribution in [0.3, 0.4) is 0 Å². The number of carbonyl (C=O) groups excluding carboxylic acids is 2. The number of sulfonamides is 1. The van der Waals surface area contributed by atoms with E-state index in [9.17, 15) is 18.0 Å². The fraction of sp³-hybridized carbons (Fsp3) is 0.400. The Morgan fingerprint density at radius 1 is 1.11 bits per heavy atom. The molecule has 1 amide bonds. The molecule has 28 heavy (non-hydrogen) atoms. The zero-order valence-electron chi connectivity index (χ0n) is 15.7. The maximum Gasteiger partial charge on any atom is 0.250 e. The van der Waals surface area contributed by atoms with Gasteiger partial charge in [0, 0.05) is 23.7 Å². The number of anilines is 1. The Kier molecular flexibility index (Phi) is 6.64. The van der Waals surface area contributed by atoms with Crippen LogP contribution >= 0.6 is 11.3 Å². The molecule has 1 aliphatic rings. The molecule has 1 fully saturated rings. The highest BCUT2D eigenvalue weighted by molar-refractivity contribution is 7.91. The molecule has 6 nitrogen and oxygen atoms in total. The molecule has 0 aliphatic heterocycles. The third-order valence-corrected chi connectivity index (χ3v) is 7.90. The van der Waals surface area contributed by atoms with Crippen LogP contribution in [-0.4, -0.2) is 26.7 Å². The molecule has 2 N–H and O–H groups in total. The van der Waals surface area contributed by atoms with Crippen LogP contribution < -0.4 is 10.0 Å². The van der Waals surface area contributed by atoms with Gasteiger partial charge in [-0.2, -0.15) is 0 Å². The van der Waals surface area contributed by atoms with Crippen molar-refractivity contribution in [2.75, 3.05) is 11.9 Å². The van der Waals surface area contributed by atoms with Crippen molar-refractivity contribution in [3.8, 4) is 0 Å². The first-order valence-corrected chi connectivity index (χ1v) is 11.7. The van der Waals surface area contributed by atoms with Crippen LogP contribution in [0, 0.1) is 11.8 Å². The standard InChI is InChI=1S/C20H24N2O4S2/c1-14(23)17-4-2-5-18(12-17)22-20(24)16-9-7-15(8-10-16)13-21-28(25,26)19-6-3-11-27-19/h2-6,11-12,15-16,21H,7-10,13H2,1H3,(H,22,24). The summed E-state index contributed by atoms with van der Waals surface area (Å²) in [5, 5.41) is 4.64. The summed E-state index contributed by atoms with van der Waals surface area (Å²) in [7, 11) is -3.44. The quantitative estimate of drug-likeness (QED) is 0.669. The van der Waals surface area contributed by atoms with Gasteiger partial charge in [-0.15, -0.1) is 11.3 Å². The van der Waals surface area contributed by atoms with E-state index in [0.717, 1.165) is 25.7 Å². The molecule has 0 unspecified atom stereocenters. The third-order valence-electron chi connectivity index (χ3n) is 5.08. The van der Waals surface area contributed by atoms with Gasteiger partial charge in [0.1, 0.15) is 4.21 Å². The number of hydrogen-bond acceptors (Lipinski definition) is 5. The number of thiophene rings is 1. The largest absolute Gasteiger partial charge is 0.326 e. The summed E-state index contributed by atoms with van der Waals surface area (Å²) in [6.07, 6.45) is 3.06. The summed E-state index contributed by atoms with van der Waals surface area (Å²) in [5.74, 6) is 0.0610. The number of benzene rings is 1. The van der Waals surface area contributed by atoms with Crippen LogP contribution in [0.5, 0.6) is 0 Å². The molecule has 1 heterocycles. The molecule has 1 aliphatic carbocycles. The SMILES string of the molecule is CC(=O)c1cccc(NC(=O)C2CCC(CNS(=O)(=O)c3cccs3)CC2)c1. The minimum absolute atomic E-state index is 0.0402. The molecule has 8 heteroatoms. The highest BCUT2D eigenvalue weighted by Gasteiger charge is 2.27. The van der Waals surface area contributed by atoms with E-state index in [4.69, 9.17) is 0 Å². The van der Waals surface area contributed by atoms with Crippen molar-refractivity contribution in [1.29, 1.82) is 0 Å². The van der Waals surface area contributed by atoms with Crippen LogP contribution in [0.25, 0.3) is 0 Å². The Morgan fingerprint density at radius 2 is 1.86 bits per heavy atom. The summed E-state index contributed by atoms with van der Waals surface area (Å²) >= 11 is 1.20. The zero-order chi connectivity index (χ0) is 20.1. The highest BCUT2D eigenvalue weighted by atomic mass is 32.2. The predicted octanol–water partition coefficient (Wildman–Crippen LogP) is 3.67. The number of hydrogen-bond donors (Lipinski definition) is 2. The molecule has 3 rings (SSSR count). The van der Waals surface area contributed by atoms with E-state index >= 15 is 0 Å². The lowest BCUT2D eigenvalue weighted by atomic mass is 9.81. The van der Waals surface area contributed by atoms with Crippen molar-refractivity contribution < 1.29 is 18.0 Å². The van der Waals surface area contributed by atoms with Gasteiger partial charge >= 0.3 is 0 Å². The second kappa shape index (κ2) is 8.98. The first-order valence-electron chi connectivity index (χ1n) is 9.30. The van der Waals surface area contributed by atoms with Crippen LogP contribution in [-0.2, 0) is 14.8 Å². The van der Waals surface area contributed by atoms with Crippen molar-refractivity contribution in [2.24, 2.45) is 11.8 Å². The van der Waals surface area contributed by atoms with Crippen molar-refractivity contribution in [3.63, 3.8) is 0 Å². The summed E-state index contributed by atoms with van der Waals surface area (Å²) in [6, 6.07) is 10.2. The van der Waals surface area contributed by atoms with Crippen molar-refractivity contribution >= 4 is 38.7 Å². The molecule has 0 radical (unpaired) electrons. The van der Waals surface area contributed by atoms with Crippen molar-refractivity contribution in [3.05, 3.63) is 47.3 Å². The van der Waals surface area contributed by atoms with Gasteiger partial charge in [0.2, 0.25) is 15.9 Å². The Hall–Kier alpha value is -2.03. The molecular formula is C20H24N2O4S2. The van der Waals surface area contributed by atoms with Crippen LogP contribution in [0.2, 0.25) is 0 Å². The van der Waals surface area contributed by atoms with Gasteiger partial charge in [-0.1, -0.05) is 18.2 Å². The predicted molar refractivity (Wildman–Crippen MR) is 110 cm³/mol. The van der Waals surface area contributed by atoms with E-state index in [0.29, 0.717) is 22.0 Å². The number of rotatable bonds is 7. The number of nitrogens with one attached hydrogen (secondary N) is 2. The van der Waals surface area contributed by atoms with Gasteiger partial charge in [-0.05, 0) is 62.1 Å². The van der Waals surface area contributed by atoms with E-state index in [-0.39, 0.29) is 23.5 Å². The smallest absolute Gasteiger partial charge is 0.250 e. The van der Waals surface area contributed by atoms with Gasteiger partial charge in [-0.3, -0.25) is 9.59 Å². The van der Waals surface area contributed by atoms with Gasteiger partial charge in [0.25, 0.3) is 0 Å². The Labute approximate surface area is 169 Å². The normalized spacial score (nSPS) is 19.9. The maximum absolute atomic E-state index is 12.5. The third kappa shape index (κ3) is 5.27. The van der Waals surface area contributed by atoms with Gasteiger partial charge in [0.05, 0.1) is 0 Å². The summed E-state index contributed by atoms with van der Waals surface area (Å²) in [4.78, 5) is 24.0. The lowest BCUT2D eigenvalue weighted by Gasteiger charge is -2.27. The number of carbonyl (C=O) groups is 2. The van der Waals surface area contributed by atoms with Gasteiger partial charge in [0.15, 0.2) is 5.78 Å². The minimum Gasteiger partial charge on any atom is -0.326 e. The fourth-order valence-electron chi connectivity index (χ4n) is 3.40. The van der Waals surface area contributed by atoms with E-state index in [2.05, 4.69) is 10.0 Å². The van der Waals surface area contributed by atoms with Crippen LogP contribution in [0.15, 0.2) is 46.0 Å². The molecule has 0 bridgehead atoms. The van der Waals surface area contributed by atoms with Crippen LogP contribution in [0.1, 0.15) is 43.0 Å². The lowest BCUT2D eigenvalue weighted by Crippen LogP contribution is -2.33. The van der Waals surface area contributed by atoms with E-state index in [1.165, 1.54) is 18.3 Å². The van der Waals surface area contributed by atoms with E-state index in [1.54, 1.807) is 41.8 Å². The first kappa shape index (κ1) is 20.7. The molecule has 0 saturated heterocycles. The molecular weight excluding hydrogens is 396 g/mol.